The molecular formula is C12H15BrN2S. The fraction of sp³-hybridized carbons (Fsp3) is 0.417. The van der Waals surface area contributed by atoms with E-state index in [0.29, 0.717) is 6.04 Å². The van der Waals surface area contributed by atoms with Gasteiger partial charge in [-0.3, -0.25) is 0 Å². The van der Waals surface area contributed by atoms with Crippen molar-refractivity contribution in [3.8, 4) is 0 Å². The second-order valence-corrected chi connectivity index (χ2v) is 5.23. The average Bonchev–Trinajstić information content (AvgIpc) is 2.58. The van der Waals surface area contributed by atoms with Gasteiger partial charge in [-0.15, -0.1) is 0 Å². The predicted molar refractivity (Wildman–Crippen MR) is 74.4 cm³/mol. The minimum Gasteiger partial charge on any atom is -0.331 e. The molecule has 4 heteroatoms. The van der Waals surface area contributed by atoms with Crippen LogP contribution in [-0.4, -0.2) is 9.55 Å². The number of rotatable bonds is 3. The first kappa shape index (κ1) is 11.9. The van der Waals surface area contributed by atoms with Crippen molar-refractivity contribution < 1.29 is 0 Å². The van der Waals surface area contributed by atoms with Gasteiger partial charge in [0.05, 0.1) is 11.0 Å². The number of hydrogen-bond donors (Lipinski definition) is 1. The van der Waals surface area contributed by atoms with Gasteiger partial charge in [0, 0.05) is 10.5 Å². The molecule has 2 nitrogen and oxygen atoms in total. The molecule has 86 valence electrons. The molecule has 0 saturated carbocycles. The van der Waals surface area contributed by atoms with E-state index in [1.54, 1.807) is 0 Å². The zero-order chi connectivity index (χ0) is 11.7. The van der Waals surface area contributed by atoms with Crippen LogP contribution < -0.4 is 0 Å². The van der Waals surface area contributed by atoms with Gasteiger partial charge < -0.3 is 9.55 Å². The molecule has 0 radical (unpaired) electrons. The number of aromatic amines is 1. The molecule has 1 aromatic carbocycles. The summed E-state index contributed by atoms with van der Waals surface area (Å²) in [5.74, 6) is 0. The molecule has 0 spiro atoms. The van der Waals surface area contributed by atoms with Gasteiger partial charge in [-0.05, 0) is 43.3 Å². The number of hydrogen-bond acceptors (Lipinski definition) is 1. The fourth-order valence-corrected chi connectivity index (χ4v) is 2.82. The lowest BCUT2D eigenvalue weighted by atomic mass is 10.1. The monoisotopic (exact) mass is 298 g/mol. The van der Waals surface area contributed by atoms with Gasteiger partial charge >= 0.3 is 0 Å². The standard InChI is InChI=1S/C12H15BrN2S/c1-3-9(4-2)15-11-7-8(13)5-6-10(11)14-12(15)16/h5-7,9H,3-4H2,1-2H3,(H,14,16). The van der Waals surface area contributed by atoms with Gasteiger partial charge in [0.1, 0.15) is 0 Å². The Morgan fingerprint density at radius 2 is 2.06 bits per heavy atom. The third kappa shape index (κ3) is 1.96. The van der Waals surface area contributed by atoms with Crippen LogP contribution in [0.15, 0.2) is 22.7 Å². The van der Waals surface area contributed by atoms with Crippen LogP contribution in [0, 0.1) is 4.77 Å². The van der Waals surface area contributed by atoms with E-state index in [-0.39, 0.29) is 0 Å². The maximum Gasteiger partial charge on any atom is 0.178 e. The normalized spacial score (nSPS) is 11.5. The Morgan fingerprint density at radius 3 is 2.69 bits per heavy atom. The quantitative estimate of drug-likeness (QED) is 0.806. The molecule has 0 atom stereocenters. The van der Waals surface area contributed by atoms with E-state index in [1.165, 1.54) is 5.52 Å². The van der Waals surface area contributed by atoms with E-state index in [2.05, 4.69) is 51.5 Å². The van der Waals surface area contributed by atoms with Crippen molar-refractivity contribution in [1.29, 1.82) is 0 Å². The summed E-state index contributed by atoms with van der Waals surface area (Å²) in [6, 6.07) is 6.70. The Bertz CT molecular complexity index is 552. The summed E-state index contributed by atoms with van der Waals surface area (Å²) < 4.78 is 4.14. The Hall–Kier alpha value is -0.610. The molecule has 0 bridgehead atoms. The van der Waals surface area contributed by atoms with Gasteiger partial charge in [-0.1, -0.05) is 29.8 Å². The number of aromatic nitrogens is 2. The molecule has 2 rings (SSSR count). The average molecular weight is 299 g/mol. The summed E-state index contributed by atoms with van der Waals surface area (Å²) in [7, 11) is 0. The Labute approximate surface area is 109 Å². The van der Waals surface area contributed by atoms with Crippen molar-refractivity contribution in [1.82, 2.24) is 9.55 Å². The van der Waals surface area contributed by atoms with Crippen molar-refractivity contribution in [2.75, 3.05) is 0 Å². The van der Waals surface area contributed by atoms with Crippen LogP contribution in [0.3, 0.4) is 0 Å². The molecule has 0 saturated heterocycles. The number of nitrogens with one attached hydrogen (secondary N) is 1. The fourth-order valence-electron chi connectivity index (χ4n) is 2.11. The molecule has 1 aromatic heterocycles. The van der Waals surface area contributed by atoms with Crippen LogP contribution in [0.25, 0.3) is 11.0 Å². The highest BCUT2D eigenvalue weighted by Crippen LogP contribution is 2.25. The summed E-state index contributed by atoms with van der Waals surface area (Å²) in [6.45, 7) is 4.40. The highest BCUT2D eigenvalue weighted by molar-refractivity contribution is 9.10. The van der Waals surface area contributed by atoms with Crippen LogP contribution in [0.4, 0.5) is 0 Å². The van der Waals surface area contributed by atoms with E-state index in [1.807, 2.05) is 6.07 Å². The largest absolute Gasteiger partial charge is 0.331 e. The third-order valence-corrected chi connectivity index (χ3v) is 3.78. The Kier molecular flexibility index (Phi) is 3.50. The van der Waals surface area contributed by atoms with E-state index in [4.69, 9.17) is 12.2 Å². The third-order valence-electron chi connectivity index (χ3n) is 2.99. The van der Waals surface area contributed by atoms with Crippen LogP contribution in [0.1, 0.15) is 32.7 Å². The molecule has 0 aliphatic carbocycles. The Balaban J connectivity index is 2.71. The molecule has 1 heterocycles. The maximum absolute atomic E-state index is 5.40. The summed E-state index contributed by atoms with van der Waals surface area (Å²) in [5, 5.41) is 0. The van der Waals surface area contributed by atoms with Crippen molar-refractivity contribution in [2.24, 2.45) is 0 Å². The first-order chi connectivity index (χ1) is 7.67. The van der Waals surface area contributed by atoms with Crippen LogP contribution in [-0.2, 0) is 0 Å². The van der Waals surface area contributed by atoms with Crippen LogP contribution in [0.2, 0.25) is 0 Å². The first-order valence-electron chi connectivity index (χ1n) is 5.57. The van der Waals surface area contributed by atoms with Crippen molar-refractivity contribution in [2.45, 2.75) is 32.7 Å². The smallest absolute Gasteiger partial charge is 0.178 e. The number of H-pyrrole nitrogens is 1. The number of benzene rings is 1. The van der Waals surface area contributed by atoms with E-state index in [9.17, 15) is 0 Å². The number of halogens is 1. The zero-order valence-electron chi connectivity index (χ0n) is 9.46. The highest BCUT2D eigenvalue weighted by Gasteiger charge is 2.12. The van der Waals surface area contributed by atoms with Gasteiger partial charge in [-0.2, -0.15) is 0 Å². The molecule has 0 amide bonds. The second kappa shape index (κ2) is 4.72. The molecule has 0 aliphatic heterocycles. The minimum atomic E-state index is 0.482. The van der Waals surface area contributed by atoms with Gasteiger partial charge in [-0.25, -0.2) is 0 Å². The highest BCUT2D eigenvalue weighted by atomic mass is 79.9. The molecule has 1 N–H and O–H groups in total. The lowest BCUT2D eigenvalue weighted by molar-refractivity contribution is 0.478. The zero-order valence-corrected chi connectivity index (χ0v) is 11.9. The summed E-state index contributed by atoms with van der Waals surface area (Å²) in [5.41, 5.74) is 2.30. The summed E-state index contributed by atoms with van der Waals surface area (Å²) >= 11 is 8.90. The van der Waals surface area contributed by atoms with Crippen molar-refractivity contribution in [3.63, 3.8) is 0 Å². The second-order valence-electron chi connectivity index (χ2n) is 3.93. The van der Waals surface area contributed by atoms with Gasteiger partial charge in [0.25, 0.3) is 0 Å². The molecular weight excluding hydrogens is 284 g/mol. The predicted octanol–water partition coefficient (Wildman–Crippen LogP) is 4.82. The minimum absolute atomic E-state index is 0.482. The summed E-state index contributed by atoms with van der Waals surface area (Å²) in [6.07, 6.45) is 2.20. The van der Waals surface area contributed by atoms with Crippen LogP contribution in [0.5, 0.6) is 0 Å². The topological polar surface area (TPSA) is 20.7 Å². The van der Waals surface area contributed by atoms with Crippen molar-refractivity contribution in [3.05, 3.63) is 27.4 Å². The lowest BCUT2D eigenvalue weighted by Crippen LogP contribution is -2.06. The lowest BCUT2D eigenvalue weighted by Gasteiger charge is -2.15. The molecule has 0 fully saturated rings. The number of imidazole rings is 1. The first-order valence-corrected chi connectivity index (χ1v) is 6.77. The molecule has 0 unspecified atom stereocenters. The summed E-state index contributed by atoms with van der Waals surface area (Å²) in [4.78, 5) is 3.26. The number of nitrogens with zero attached hydrogens (tertiary/aromatic N) is 1. The molecule has 16 heavy (non-hydrogen) atoms. The van der Waals surface area contributed by atoms with E-state index < -0.39 is 0 Å². The van der Waals surface area contributed by atoms with Crippen molar-refractivity contribution >= 4 is 39.2 Å². The maximum atomic E-state index is 5.40. The van der Waals surface area contributed by atoms with Gasteiger partial charge in [0.15, 0.2) is 4.77 Å². The van der Waals surface area contributed by atoms with Gasteiger partial charge in [0.2, 0.25) is 0 Å². The van der Waals surface area contributed by atoms with Crippen LogP contribution >= 0.6 is 28.1 Å². The Morgan fingerprint density at radius 1 is 1.38 bits per heavy atom. The molecule has 0 aliphatic rings. The SMILES string of the molecule is CCC(CC)n1c(=S)[nH]c2ccc(Br)cc21. The van der Waals surface area contributed by atoms with E-state index >= 15 is 0 Å². The molecule has 2 aromatic rings. The number of fused-ring (bicyclic) bond motifs is 1. The van der Waals surface area contributed by atoms with E-state index in [0.717, 1.165) is 27.6 Å².